The summed E-state index contributed by atoms with van der Waals surface area (Å²) in [5.74, 6) is -1.21. The van der Waals surface area contributed by atoms with Gasteiger partial charge in [-0.25, -0.2) is 0 Å². The van der Waals surface area contributed by atoms with E-state index in [0.29, 0.717) is 0 Å². The Hall–Kier alpha value is -1.62. The van der Waals surface area contributed by atoms with Crippen molar-refractivity contribution in [3.8, 4) is 0 Å². The Morgan fingerprint density at radius 1 is 1.42 bits per heavy atom. The lowest BCUT2D eigenvalue weighted by Gasteiger charge is -2.09. The average Bonchev–Trinajstić information content (AvgIpc) is 2.83. The molecule has 0 bridgehead atoms. The first kappa shape index (κ1) is 15.4. The van der Waals surface area contributed by atoms with Crippen LogP contribution >= 0.6 is 11.3 Å². The first-order valence-electron chi connectivity index (χ1n) is 6.04. The highest BCUT2D eigenvalue weighted by Gasteiger charge is 2.19. The predicted molar refractivity (Wildman–Crippen MR) is 74.0 cm³/mol. The smallest absolute Gasteiger partial charge is 0.316 e. The lowest BCUT2D eigenvalue weighted by atomic mass is 10.1. The fraction of sp³-hybridized carbons (Fsp3) is 0.429. The first-order valence-corrected chi connectivity index (χ1v) is 6.85. The second kappa shape index (κ2) is 7.74. The van der Waals surface area contributed by atoms with Crippen molar-refractivity contribution in [2.75, 3.05) is 6.79 Å². The van der Waals surface area contributed by atoms with Gasteiger partial charge < -0.3 is 9.47 Å². The molecule has 1 unspecified atom stereocenters. The van der Waals surface area contributed by atoms with Crippen LogP contribution in [0.25, 0.3) is 0 Å². The van der Waals surface area contributed by atoms with E-state index in [1.165, 1.54) is 11.8 Å². The summed E-state index contributed by atoms with van der Waals surface area (Å²) in [4.78, 5) is 24.4. The van der Waals surface area contributed by atoms with E-state index in [1.54, 1.807) is 18.3 Å². The fourth-order valence-corrected chi connectivity index (χ4v) is 2.49. The Balaban J connectivity index is 2.49. The molecule has 0 aliphatic carbocycles. The van der Waals surface area contributed by atoms with E-state index in [9.17, 15) is 9.59 Å². The molecule has 1 aromatic heterocycles. The normalized spacial score (nSPS) is 11.7. The van der Waals surface area contributed by atoms with Crippen LogP contribution in [0.4, 0.5) is 0 Å². The average molecular weight is 282 g/mol. The summed E-state index contributed by atoms with van der Waals surface area (Å²) in [5, 5.41) is 0. The van der Waals surface area contributed by atoms with Gasteiger partial charge in [-0.2, -0.15) is 0 Å². The van der Waals surface area contributed by atoms with Crippen molar-refractivity contribution in [1.82, 2.24) is 0 Å². The van der Waals surface area contributed by atoms with Crippen LogP contribution in [-0.4, -0.2) is 18.7 Å². The van der Waals surface area contributed by atoms with Gasteiger partial charge >= 0.3 is 11.9 Å². The molecule has 5 heteroatoms. The highest BCUT2D eigenvalue weighted by Crippen LogP contribution is 2.26. The highest BCUT2D eigenvalue weighted by atomic mass is 32.1. The Bertz CT molecular complexity index is 450. The van der Waals surface area contributed by atoms with Gasteiger partial charge in [0.15, 0.2) is 0 Å². The Morgan fingerprint density at radius 2 is 2.16 bits per heavy atom. The zero-order valence-corrected chi connectivity index (χ0v) is 12.0. The monoisotopic (exact) mass is 282 g/mol. The summed E-state index contributed by atoms with van der Waals surface area (Å²) in [6, 6.07) is 3.94. The van der Waals surface area contributed by atoms with Gasteiger partial charge in [0.05, 0.1) is 5.92 Å². The van der Waals surface area contributed by atoms with Gasteiger partial charge in [-0.3, -0.25) is 9.59 Å². The van der Waals surface area contributed by atoms with Gasteiger partial charge in [0.25, 0.3) is 0 Å². The standard InChI is InChI=1S/C14H18O4S/c1-4-5-6-12-7-8-13(19-12)10(2)14(16)18-9-17-11(3)15/h4,7-8,10H,1,5-6,9H2,2-3H3. The molecule has 0 spiro atoms. The quantitative estimate of drug-likeness (QED) is 0.438. The van der Waals surface area contributed by atoms with Gasteiger partial charge in [-0.05, 0) is 31.9 Å². The van der Waals surface area contributed by atoms with E-state index in [-0.39, 0.29) is 12.7 Å². The molecule has 0 amide bonds. The molecule has 104 valence electrons. The van der Waals surface area contributed by atoms with Gasteiger partial charge in [-0.1, -0.05) is 6.08 Å². The Morgan fingerprint density at radius 3 is 2.79 bits per heavy atom. The maximum atomic E-state index is 11.7. The van der Waals surface area contributed by atoms with Crippen LogP contribution in [0, 0.1) is 0 Å². The van der Waals surface area contributed by atoms with Crippen molar-refractivity contribution < 1.29 is 19.1 Å². The van der Waals surface area contributed by atoms with Crippen molar-refractivity contribution in [1.29, 1.82) is 0 Å². The maximum Gasteiger partial charge on any atom is 0.316 e. The molecule has 1 rings (SSSR count). The van der Waals surface area contributed by atoms with E-state index in [0.717, 1.165) is 17.7 Å². The zero-order chi connectivity index (χ0) is 14.3. The maximum absolute atomic E-state index is 11.7. The molecule has 0 saturated heterocycles. The van der Waals surface area contributed by atoms with E-state index in [1.807, 2.05) is 18.2 Å². The third-order valence-corrected chi connectivity index (χ3v) is 3.85. The summed E-state index contributed by atoms with van der Waals surface area (Å²) in [6.07, 6.45) is 3.73. The second-order valence-electron chi connectivity index (χ2n) is 4.07. The molecule has 0 aromatic carbocycles. The molecule has 1 aromatic rings. The van der Waals surface area contributed by atoms with Crippen LogP contribution in [0.15, 0.2) is 24.8 Å². The Kier molecular flexibility index (Phi) is 6.29. The third kappa shape index (κ3) is 5.26. The lowest BCUT2D eigenvalue weighted by molar-refractivity contribution is -0.166. The lowest BCUT2D eigenvalue weighted by Crippen LogP contribution is -2.15. The Labute approximate surface area is 117 Å². The van der Waals surface area contributed by atoms with Gasteiger partial charge in [-0.15, -0.1) is 17.9 Å². The molecule has 4 nitrogen and oxygen atoms in total. The topological polar surface area (TPSA) is 52.6 Å². The molecular weight excluding hydrogens is 264 g/mol. The molecule has 0 aliphatic heterocycles. The number of esters is 2. The minimum Gasteiger partial charge on any atom is -0.428 e. The number of carbonyl (C=O) groups is 2. The number of aryl methyl sites for hydroxylation is 1. The zero-order valence-electron chi connectivity index (χ0n) is 11.2. The van der Waals surface area contributed by atoms with E-state index in [4.69, 9.17) is 4.74 Å². The minimum atomic E-state index is -0.469. The van der Waals surface area contributed by atoms with Crippen LogP contribution in [0.1, 0.15) is 35.9 Å². The van der Waals surface area contributed by atoms with Crippen LogP contribution in [-0.2, 0) is 25.5 Å². The number of allylic oxidation sites excluding steroid dienone is 1. The van der Waals surface area contributed by atoms with Crippen LogP contribution in [0.3, 0.4) is 0 Å². The number of hydrogen-bond donors (Lipinski definition) is 0. The molecule has 0 fully saturated rings. The predicted octanol–water partition coefficient (Wildman–Crippen LogP) is 3.03. The van der Waals surface area contributed by atoms with Crippen LogP contribution < -0.4 is 0 Å². The van der Waals surface area contributed by atoms with Gasteiger partial charge in [0.2, 0.25) is 6.79 Å². The first-order chi connectivity index (χ1) is 9.04. The molecule has 0 aliphatic rings. The number of ether oxygens (including phenoxy) is 2. The van der Waals surface area contributed by atoms with Crippen LogP contribution in [0.2, 0.25) is 0 Å². The number of carbonyl (C=O) groups excluding carboxylic acids is 2. The van der Waals surface area contributed by atoms with E-state index >= 15 is 0 Å². The number of thiophene rings is 1. The van der Waals surface area contributed by atoms with Crippen molar-refractivity contribution >= 4 is 23.3 Å². The number of hydrogen-bond acceptors (Lipinski definition) is 5. The summed E-state index contributed by atoms with van der Waals surface area (Å²) in [5.41, 5.74) is 0. The second-order valence-corrected chi connectivity index (χ2v) is 5.27. The molecule has 0 N–H and O–H groups in total. The largest absolute Gasteiger partial charge is 0.428 e. The van der Waals surface area contributed by atoms with E-state index < -0.39 is 11.9 Å². The summed E-state index contributed by atoms with van der Waals surface area (Å²) < 4.78 is 9.44. The highest BCUT2D eigenvalue weighted by molar-refractivity contribution is 7.12. The number of rotatable bonds is 7. The van der Waals surface area contributed by atoms with Crippen LogP contribution in [0.5, 0.6) is 0 Å². The van der Waals surface area contributed by atoms with E-state index in [2.05, 4.69) is 11.3 Å². The summed E-state index contributed by atoms with van der Waals surface area (Å²) in [6.45, 7) is 6.40. The summed E-state index contributed by atoms with van der Waals surface area (Å²) >= 11 is 1.59. The van der Waals surface area contributed by atoms with Gasteiger partial charge in [0, 0.05) is 16.7 Å². The van der Waals surface area contributed by atoms with Crippen molar-refractivity contribution in [3.63, 3.8) is 0 Å². The minimum absolute atomic E-state index is 0.326. The molecule has 1 heterocycles. The molecular formula is C14H18O4S. The van der Waals surface area contributed by atoms with Crippen molar-refractivity contribution in [2.45, 2.75) is 32.6 Å². The molecule has 0 saturated carbocycles. The summed E-state index contributed by atoms with van der Waals surface area (Å²) in [7, 11) is 0. The fourth-order valence-electron chi connectivity index (χ4n) is 1.42. The molecule has 19 heavy (non-hydrogen) atoms. The molecule has 1 atom stereocenters. The molecule has 0 radical (unpaired) electrons. The van der Waals surface area contributed by atoms with Crippen molar-refractivity contribution in [3.05, 3.63) is 34.5 Å². The SMILES string of the molecule is C=CCCc1ccc(C(C)C(=O)OCOC(C)=O)s1. The van der Waals surface area contributed by atoms with Crippen molar-refractivity contribution in [2.24, 2.45) is 0 Å². The third-order valence-electron chi connectivity index (χ3n) is 2.52. The van der Waals surface area contributed by atoms with Gasteiger partial charge in [0.1, 0.15) is 0 Å².